The molecule has 16 heavy (non-hydrogen) atoms. The molecule has 0 unspecified atom stereocenters. The predicted octanol–water partition coefficient (Wildman–Crippen LogP) is 3.18. The molecule has 0 amide bonds. The molecular formula is C11H9ClO4. The summed E-state index contributed by atoms with van der Waals surface area (Å²) in [6.07, 6.45) is 0. The maximum atomic E-state index is 10.9. The minimum atomic E-state index is -1.16. The van der Waals surface area contributed by atoms with Crippen LogP contribution in [0.25, 0.3) is 11.0 Å². The van der Waals surface area contributed by atoms with Crippen molar-refractivity contribution in [3.63, 3.8) is 0 Å². The Hall–Kier alpha value is -1.68. The minimum absolute atomic E-state index is 0.195. The molecule has 0 saturated heterocycles. The molecule has 0 aliphatic rings. The lowest BCUT2D eigenvalue weighted by Gasteiger charge is -2.00. The number of benzene rings is 1. The van der Waals surface area contributed by atoms with Crippen molar-refractivity contribution in [1.29, 1.82) is 0 Å². The van der Waals surface area contributed by atoms with Gasteiger partial charge in [-0.05, 0) is 25.1 Å². The molecule has 4 nitrogen and oxygen atoms in total. The van der Waals surface area contributed by atoms with Crippen LogP contribution in [0.1, 0.15) is 17.5 Å². The molecule has 1 heterocycles. The molecule has 0 bridgehead atoms. The van der Waals surface area contributed by atoms with Gasteiger partial charge in [0.05, 0.1) is 12.0 Å². The third kappa shape index (κ3) is 1.72. The Kier molecular flexibility index (Phi) is 2.75. The molecule has 1 aromatic carbocycles. The normalized spacial score (nSPS) is 10.6. The molecule has 5 heteroatoms. The van der Waals surface area contributed by atoms with E-state index >= 15 is 0 Å². The molecule has 0 fully saturated rings. The molecule has 0 atom stereocenters. The van der Waals surface area contributed by atoms with Gasteiger partial charge in [0.1, 0.15) is 5.58 Å². The van der Waals surface area contributed by atoms with Gasteiger partial charge in [0.2, 0.25) is 0 Å². The number of rotatable bonds is 3. The number of halogens is 1. The first kappa shape index (κ1) is 10.8. The van der Waals surface area contributed by atoms with Crippen molar-refractivity contribution in [1.82, 2.24) is 0 Å². The Bertz CT molecular complexity index is 544. The zero-order valence-corrected chi connectivity index (χ0v) is 9.25. The molecule has 2 aromatic rings. The van der Waals surface area contributed by atoms with Crippen LogP contribution in [0.15, 0.2) is 22.6 Å². The van der Waals surface area contributed by atoms with Crippen LogP contribution in [-0.2, 0) is 0 Å². The predicted molar refractivity (Wildman–Crippen MR) is 59.4 cm³/mol. The molecule has 1 N–H and O–H groups in total. The molecule has 0 saturated carbocycles. The molecule has 0 spiro atoms. The third-order valence-corrected chi connectivity index (χ3v) is 2.32. The van der Waals surface area contributed by atoms with E-state index in [1.165, 1.54) is 0 Å². The molecular weight excluding hydrogens is 232 g/mol. The average molecular weight is 241 g/mol. The maximum absolute atomic E-state index is 10.9. The van der Waals surface area contributed by atoms with Crippen molar-refractivity contribution in [2.24, 2.45) is 0 Å². The highest BCUT2D eigenvalue weighted by Gasteiger charge is 2.21. The summed E-state index contributed by atoms with van der Waals surface area (Å²) in [6, 6.07) is 4.87. The Morgan fingerprint density at radius 2 is 2.31 bits per heavy atom. The highest BCUT2D eigenvalue weighted by Crippen LogP contribution is 2.34. The first-order valence-electron chi connectivity index (χ1n) is 4.71. The second-order valence-corrected chi connectivity index (χ2v) is 3.58. The highest BCUT2D eigenvalue weighted by atomic mass is 35.5. The van der Waals surface area contributed by atoms with E-state index in [-0.39, 0.29) is 11.5 Å². The highest BCUT2D eigenvalue weighted by molar-refractivity contribution is 6.31. The minimum Gasteiger partial charge on any atom is -0.489 e. The zero-order valence-electron chi connectivity index (χ0n) is 8.49. The van der Waals surface area contributed by atoms with Gasteiger partial charge in [0.15, 0.2) is 5.75 Å². The number of carboxylic acid groups (broad SMARTS) is 1. The molecule has 0 aliphatic heterocycles. The summed E-state index contributed by atoms with van der Waals surface area (Å²) in [6.45, 7) is 2.14. The Morgan fingerprint density at radius 1 is 1.56 bits per heavy atom. The van der Waals surface area contributed by atoms with E-state index in [1.807, 2.05) is 0 Å². The van der Waals surface area contributed by atoms with Gasteiger partial charge in [0, 0.05) is 5.02 Å². The van der Waals surface area contributed by atoms with Crippen molar-refractivity contribution in [2.45, 2.75) is 6.92 Å². The SMILES string of the molecule is CCOc1c(C(=O)O)oc2ccc(Cl)cc12. The van der Waals surface area contributed by atoms with Crippen molar-refractivity contribution >= 4 is 28.5 Å². The second-order valence-electron chi connectivity index (χ2n) is 3.14. The monoisotopic (exact) mass is 240 g/mol. The molecule has 0 aliphatic carbocycles. The van der Waals surface area contributed by atoms with E-state index in [1.54, 1.807) is 25.1 Å². The van der Waals surface area contributed by atoms with Crippen LogP contribution in [0.3, 0.4) is 0 Å². The lowest BCUT2D eigenvalue weighted by Crippen LogP contribution is -1.99. The number of carboxylic acids is 1. The number of hydrogen-bond donors (Lipinski definition) is 1. The lowest BCUT2D eigenvalue weighted by atomic mass is 10.2. The molecule has 2 rings (SSSR count). The van der Waals surface area contributed by atoms with Crippen LogP contribution >= 0.6 is 11.6 Å². The number of ether oxygens (including phenoxy) is 1. The first-order valence-corrected chi connectivity index (χ1v) is 5.09. The molecule has 1 aromatic heterocycles. The van der Waals surface area contributed by atoms with Crippen LogP contribution < -0.4 is 4.74 Å². The number of fused-ring (bicyclic) bond motifs is 1. The molecule has 0 radical (unpaired) electrons. The largest absolute Gasteiger partial charge is 0.489 e. The van der Waals surface area contributed by atoms with Gasteiger partial charge in [-0.15, -0.1) is 0 Å². The quantitative estimate of drug-likeness (QED) is 0.895. The standard InChI is InChI=1S/C11H9ClO4/c1-2-15-9-7-5-6(12)3-4-8(7)16-10(9)11(13)14/h3-5H,2H2,1H3,(H,13,14). The van der Waals surface area contributed by atoms with E-state index in [2.05, 4.69) is 0 Å². The van der Waals surface area contributed by atoms with Crippen LogP contribution in [0.2, 0.25) is 5.02 Å². The number of furan rings is 1. The van der Waals surface area contributed by atoms with Crippen molar-refractivity contribution in [2.75, 3.05) is 6.61 Å². The number of carbonyl (C=O) groups is 1. The Labute approximate surface area is 96.4 Å². The van der Waals surface area contributed by atoms with Gasteiger partial charge in [-0.3, -0.25) is 0 Å². The van der Waals surface area contributed by atoms with E-state index in [4.69, 9.17) is 25.9 Å². The van der Waals surface area contributed by atoms with Gasteiger partial charge in [0.25, 0.3) is 5.76 Å². The number of hydrogen-bond acceptors (Lipinski definition) is 3. The Morgan fingerprint density at radius 3 is 2.94 bits per heavy atom. The van der Waals surface area contributed by atoms with Crippen LogP contribution in [0.4, 0.5) is 0 Å². The van der Waals surface area contributed by atoms with Crippen molar-refractivity contribution in [3.8, 4) is 5.75 Å². The summed E-state index contributed by atoms with van der Waals surface area (Å²) in [5.41, 5.74) is 0.449. The van der Waals surface area contributed by atoms with Crippen molar-refractivity contribution in [3.05, 3.63) is 29.0 Å². The van der Waals surface area contributed by atoms with Gasteiger partial charge >= 0.3 is 5.97 Å². The smallest absolute Gasteiger partial charge is 0.375 e. The maximum Gasteiger partial charge on any atom is 0.375 e. The van der Waals surface area contributed by atoms with Gasteiger partial charge in [-0.25, -0.2) is 4.79 Å². The Balaban J connectivity index is 2.71. The summed E-state index contributed by atoms with van der Waals surface area (Å²) in [4.78, 5) is 10.9. The average Bonchev–Trinajstić information content (AvgIpc) is 2.58. The van der Waals surface area contributed by atoms with Crippen LogP contribution in [0.5, 0.6) is 5.75 Å². The van der Waals surface area contributed by atoms with E-state index in [9.17, 15) is 4.79 Å². The van der Waals surface area contributed by atoms with E-state index < -0.39 is 5.97 Å². The lowest BCUT2D eigenvalue weighted by molar-refractivity contribution is 0.0659. The first-order chi connectivity index (χ1) is 7.63. The molecule has 84 valence electrons. The summed E-state index contributed by atoms with van der Waals surface area (Å²) in [7, 11) is 0. The van der Waals surface area contributed by atoms with Crippen LogP contribution in [-0.4, -0.2) is 17.7 Å². The van der Waals surface area contributed by atoms with Gasteiger partial charge in [-0.1, -0.05) is 11.6 Å². The van der Waals surface area contributed by atoms with Crippen LogP contribution in [0, 0.1) is 0 Å². The van der Waals surface area contributed by atoms with Crippen molar-refractivity contribution < 1.29 is 19.1 Å². The fraction of sp³-hybridized carbons (Fsp3) is 0.182. The zero-order chi connectivity index (χ0) is 11.7. The summed E-state index contributed by atoms with van der Waals surface area (Å²) in [5, 5.41) is 10.0. The summed E-state index contributed by atoms with van der Waals surface area (Å²) in [5.74, 6) is -1.12. The summed E-state index contributed by atoms with van der Waals surface area (Å²) < 4.78 is 10.5. The second kappa shape index (κ2) is 4.06. The number of aromatic carboxylic acids is 1. The fourth-order valence-electron chi connectivity index (χ4n) is 1.48. The third-order valence-electron chi connectivity index (χ3n) is 2.09. The fourth-order valence-corrected chi connectivity index (χ4v) is 1.65. The summed E-state index contributed by atoms with van der Waals surface area (Å²) >= 11 is 5.83. The van der Waals surface area contributed by atoms with Gasteiger partial charge in [-0.2, -0.15) is 0 Å². The van der Waals surface area contributed by atoms with Gasteiger partial charge < -0.3 is 14.3 Å². The topological polar surface area (TPSA) is 59.7 Å². The van der Waals surface area contributed by atoms with E-state index in [0.29, 0.717) is 22.6 Å². The van der Waals surface area contributed by atoms with E-state index in [0.717, 1.165) is 0 Å².